The number of allylic oxidation sites excluding steroid dienone is 2. The van der Waals surface area contributed by atoms with Gasteiger partial charge < -0.3 is 4.79 Å². The lowest BCUT2D eigenvalue weighted by atomic mass is 9.67. The van der Waals surface area contributed by atoms with Crippen molar-refractivity contribution in [2.24, 2.45) is 11.3 Å². The molecule has 0 bridgehead atoms. The highest BCUT2D eigenvalue weighted by Crippen LogP contribution is 2.42. The van der Waals surface area contributed by atoms with E-state index >= 15 is 0 Å². The molecule has 0 N–H and O–H groups in total. The number of hydrogen-bond acceptors (Lipinski definition) is 1. The van der Waals surface area contributed by atoms with E-state index < -0.39 is 0 Å². The Labute approximate surface area is 81.2 Å². The third kappa shape index (κ3) is 2.43. The number of carbonyl (C=O) groups is 1. The van der Waals surface area contributed by atoms with Gasteiger partial charge in [0.2, 0.25) is 0 Å². The number of aldehydes is 1. The Kier molecular flexibility index (Phi) is 3.29. The average molecular weight is 180 g/mol. The molecule has 1 aliphatic carbocycles. The van der Waals surface area contributed by atoms with E-state index in [1.165, 1.54) is 18.4 Å². The van der Waals surface area contributed by atoms with Crippen molar-refractivity contribution >= 4 is 6.29 Å². The maximum absolute atomic E-state index is 10.3. The summed E-state index contributed by atoms with van der Waals surface area (Å²) in [4.78, 5) is 10.3. The zero-order chi connectivity index (χ0) is 9.90. The first-order valence-electron chi connectivity index (χ1n) is 5.18. The molecule has 1 rings (SSSR count). The van der Waals surface area contributed by atoms with Gasteiger partial charge in [0.05, 0.1) is 0 Å². The number of carbonyl (C=O) groups excluding carboxylic acids is 1. The standard InChI is InChI=1S/C12H20O/c1-10-6-4-8-12(2,3)11(10)7-5-9-13/h6,9,11H,4-5,7-8H2,1-3H3. The fraction of sp³-hybridized carbons (Fsp3) is 0.750. The minimum atomic E-state index is 0.391. The molecular weight excluding hydrogens is 160 g/mol. The van der Waals surface area contributed by atoms with Crippen molar-refractivity contribution in [2.75, 3.05) is 0 Å². The molecule has 0 heterocycles. The SMILES string of the molecule is CC1=CCCC(C)(C)C1CCC=O. The monoisotopic (exact) mass is 180 g/mol. The molecule has 0 radical (unpaired) electrons. The highest BCUT2D eigenvalue weighted by Gasteiger charge is 2.31. The van der Waals surface area contributed by atoms with E-state index in [9.17, 15) is 4.79 Å². The topological polar surface area (TPSA) is 17.1 Å². The second kappa shape index (κ2) is 4.08. The number of rotatable bonds is 3. The van der Waals surface area contributed by atoms with Crippen molar-refractivity contribution in [2.45, 2.75) is 46.5 Å². The first-order valence-corrected chi connectivity index (χ1v) is 5.18. The minimum Gasteiger partial charge on any atom is -0.303 e. The molecule has 0 saturated carbocycles. The van der Waals surface area contributed by atoms with Crippen LogP contribution in [-0.4, -0.2) is 6.29 Å². The van der Waals surface area contributed by atoms with Crippen molar-refractivity contribution in [1.29, 1.82) is 0 Å². The van der Waals surface area contributed by atoms with Gasteiger partial charge >= 0.3 is 0 Å². The summed E-state index contributed by atoms with van der Waals surface area (Å²) >= 11 is 0. The molecule has 74 valence electrons. The number of hydrogen-bond donors (Lipinski definition) is 0. The third-order valence-corrected chi connectivity index (χ3v) is 3.32. The van der Waals surface area contributed by atoms with Crippen LogP contribution >= 0.6 is 0 Å². The van der Waals surface area contributed by atoms with E-state index in [1.807, 2.05) is 0 Å². The van der Waals surface area contributed by atoms with Gasteiger partial charge in [-0.2, -0.15) is 0 Å². The lowest BCUT2D eigenvalue weighted by Gasteiger charge is -2.38. The van der Waals surface area contributed by atoms with Crippen molar-refractivity contribution in [3.63, 3.8) is 0 Å². The van der Waals surface area contributed by atoms with Crippen molar-refractivity contribution < 1.29 is 4.79 Å². The Balaban J connectivity index is 2.69. The van der Waals surface area contributed by atoms with Crippen LogP contribution in [0.4, 0.5) is 0 Å². The lowest BCUT2D eigenvalue weighted by molar-refractivity contribution is -0.108. The molecule has 0 aromatic heterocycles. The molecule has 0 aliphatic heterocycles. The molecule has 1 aliphatic rings. The van der Waals surface area contributed by atoms with Gasteiger partial charge in [-0.15, -0.1) is 0 Å². The average Bonchev–Trinajstić information content (AvgIpc) is 2.02. The van der Waals surface area contributed by atoms with Crippen molar-refractivity contribution in [3.8, 4) is 0 Å². The summed E-state index contributed by atoms with van der Waals surface area (Å²) in [6, 6.07) is 0. The summed E-state index contributed by atoms with van der Waals surface area (Å²) < 4.78 is 0. The Hall–Kier alpha value is -0.590. The third-order valence-electron chi connectivity index (χ3n) is 3.32. The van der Waals surface area contributed by atoms with E-state index in [2.05, 4.69) is 26.8 Å². The molecule has 0 aromatic rings. The first-order chi connectivity index (χ1) is 6.08. The predicted molar refractivity (Wildman–Crippen MR) is 55.6 cm³/mol. The zero-order valence-electron chi connectivity index (χ0n) is 8.97. The summed E-state index contributed by atoms with van der Waals surface area (Å²) in [5.74, 6) is 0.617. The van der Waals surface area contributed by atoms with E-state index in [0.717, 1.165) is 12.7 Å². The van der Waals surface area contributed by atoms with Gasteiger partial charge in [-0.25, -0.2) is 0 Å². The first kappa shape index (κ1) is 10.5. The van der Waals surface area contributed by atoms with Gasteiger partial charge in [0, 0.05) is 6.42 Å². The van der Waals surface area contributed by atoms with Crippen LogP contribution in [0.3, 0.4) is 0 Å². The van der Waals surface area contributed by atoms with Crippen LogP contribution in [0.15, 0.2) is 11.6 Å². The summed E-state index contributed by atoms with van der Waals surface area (Å²) in [6.45, 7) is 6.84. The van der Waals surface area contributed by atoms with Crippen LogP contribution < -0.4 is 0 Å². The molecule has 1 nitrogen and oxygen atoms in total. The van der Waals surface area contributed by atoms with E-state index in [1.54, 1.807) is 0 Å². The zero-order valence-corrected chi connectivity index (χ0v) is 8.97. The maximum Gasteiger partial charge on any atom is 0.120 e. The Morgan fingerprint density at radius 1 is 1.62 bits per heavy atom. The molecule has 0 aromatic carbocycles. The second-order valence-electron chi connectivity index (χ2n) is 4.77. The molecule has 1 heteroatoms. The van der Waals surface area contributed by atoms with E-state index in [-0.39, 0.29) is 0 Å². The quantitative estimate of drug-likeness (QED) is 0.481. The lowest BCUT2D eigenvalue weighted by Crippen LogP contribution is -2.27. The van der Waals surface area contributed by atoms with Gasteiger partial charge in [-0.3, -0.25) is 0 Å². The van der Waals surface area contributed by atoms with Gasteiger partial charge in [0.1, 0.15) is 6.29 Å². The molecule has 0 amide bonds. The fourth-order valence-electron chi connectivity index (χ4n) is 2.46. The van der Waals surface area contributed by atoms with Crippen molar-refractivity contribution in [3.05, 3.63) is 11.6 Å². The van der Waals surface area contributed by atoms with Gasteiger partial charge in [0.15, 0.2) is 0 Å². The second-order valence-corrected chi connectivity index (χ2v) is 4.77. The van der Waals surface area contributed by atoms with E-state index in [0.29, 0.717) is 17.8 Å². The maximum atomic E-state index is 10.3. The molecular formula is C12H20O. The summed E-state index contributed by atoms with van der Waals surface area (Å²) in [7, 11) is 0. The molecule has 0 saturated heterocycles. The smallest absolute Gasteiger partial charge is 0.120 e. The summed E-state index contributed by atoms with van der Waals surface area (Å²) in [6.07, 6.45) is 7.57. The minimum absolute atomic E-state index is 0.391. The Morgan fingerprint density at radius 3 is 2.85 bits per heavy atom. The highest BCUT2D eigenvalue weighted by molar-refractivity contribution is 5.49. The van der Waals surface area contributed by atoms with Crippen molar-refractivity contribution in [1.82, 2.24) is 0 Å². The van der Waals surface area contributed by atoms with Crippen LogP contribution in [0.1, 0.15) is 46.5 Å². The van der Waals surface area contributed by atoms with Gasteiger partial charge in [-0.05, 0) is 37.5 Å². The molecule has 0 spiro atoms. The van der Waals surface area contributed by atoms with E-state index in [4.69, 9.17) is 0 Å². The normalized spacial score (nSPS) is 26.7. The molecule has 13 heavy (non-hydrogen) atoms. The fourth-order valence-corrected chi connectivity index (χ4v) is 2.46. The Morgan fingerprint density at radius 2 is 2.31 bits per heavy atom. The van der Waals surface area contributed by atoms with Crippen LogP contribution in [0.5, 0.6) is 0 Å². The predicted octanol–water partition coefficient (Wildman–Crippen LogP) is 3.35. The van der Waals surface area contributed by atoms with Crippen LogP contribution in [-0.2, 0) is 4.79 Å². The Bertz CT molecular complexity index is 213. The van der Waals surface area contributed by atoms with Crippen LogP contribution in [0.2, 0.25) is 0 Å². The van der Waals surface area contributed by atoms with Gasteiger partial charge in [0.25, 0.3) is 0 Å². The largest absolute Gasteiger partial charge is 0.303 e. The highest BCUT2D eigenvalue weighted by atomic mass is 16.1. The summed E-state index contributed by atoms with van der Waals surface area (Å²) in [5, 5.41) is 0. The van der Waals surface area contributed by atoms with Crippen LogP contribution in [0.25, 0.3) is 0 Å². The molecule has 1 atom stereocenters. The molecule has 0 fully saturated rings. The summed E-state index contributed by atoms with van der Waals surface area (Å²) in [5.41, 5.74) is 1.88. The van der Waals surface area contributed by atoms with Gasteiger partial charge in [-0.1, -0.05) is 25.5 Å². The molecule has 1 unspecified atom stereocenters. The van der Waals surface area contributed by atoms with Crippen LogP contribution in [0, 0.1) is 11.3 Å².